The fraction of sp³-hybridized carbons (Fsp3) is 0.420. The second-order valence-corrected chi connectivity index (χ2v) is 18.8. The fourth-order valence-corrected chi connectivity index (χ4v) is 10.3. The van der Waals surface area contributed by atoms with Crippen molar-refractivity contribution in [2.75, 3.05) is 26.2 Å². The lowest BCUT2D eigenvalue weighted by Gasteiger charge is -2.46. The molecule has 2 heterocycles. The molecule has 1 saturated carbocycles. The average molecular weight is 891 g/mol. The van der Waals surface area contributed by atoms with Gasteiger partial charge in [-0.2, -0.15) is 13.2 Å². The number of fused-ring (bicyclic) bond motifs is 8. The summed E-state index contributed by atoms with van der Waals surface area (Å²) >= 11 is 8.04. The van der Waals surface area contributed by atoms with E-state index in [2.05, 4.69) is 30.9 Å². The first-order valence-electron chi connectivity index (χ1n) is 21.4. The molecule has 5 aromatic rings. The van der Waals surface area contributed by atoms with E-state index in [-0.39, 0.29) is 41.2 Å². The first kappa shape index (κ1) is 45.9. The van der Waals surface area contributed by atoms with E-state index in [1.807, 2.05) is 53.9 Å². The molecule has 330 valence electrons. The molecule has 8 rings (SSSR count). The van der Waals surface area contributed by atoms with E-state index in [0.29, 0.717) is 70.2 Å². The van der Waals surface area contributed by atoms with Gasteiger partial charge in [-0.3, -0.25) is 9.69 Å². The minimum absolute atomic E-state index is 0.0142. The van der Waals surface area contributed by atoms with E-state index in [4.69, 9.17) is 20.8 Å². The van der Waals surface area contributed by atoms with E-state index in [1.165, 1.54) is 22.6 Å². The summed E-state index contributed by atoms with van der Waals surface area (Å²) < 4.78 is 53.0. The second kappa shape index (κ2) is 19.8. The molecular weight excluding hydrogens is 835 g/mol. The number of alkyl halides is 3. The number of rotatable bonds is 14. The molecular formula is C50H55ClF3NO6S. The van der Waals surface area contributed by atoms with Crippen molar-refractivity contribution in [3.63, 3.8) is 0 Å². The van der Waals surface area contributed by atoms with Gasteiger partial charge in [-0.05, 0) is 129 Å². The maximum atomic E-state index is 14.7. The van der Waals surface area contributed by atoms with Gasteiger partial charge in [-0.1, -0.05) is 78.7 Å². The van der Waals surface area contributed by atoms with Gasteiger partial charge in [0.15, 0.2) is 5.76 Å². The lowest BCUT2D eigenvalue weighted by molar-refractivity contribution is -0.137. The predicted octanol–water partition coefficient (Wildman–Crippen LogP) is 11.1. The number of ketones is 1. The Morgan fingerprint density at radius 3 is 2.60 bits per heavy atom. The van der Waals surface area contributed by atoms with E-state index >= 15 is 0 Å². The Labute approximate surface area is 370 Å². The van der Waals surface area contributed by atoms with Crippen LogP contribution >= 0.6 is 22.9 Å². The van der Waals surface area contributed by atoms with Gasteiger partial charge in [-0.15, -0.1) is 11.3 Å². The number of thiophene rings is 1. The van der Waals surface area contributed by atoms with E-state index in [0.717, 1.165) is 41.3 Å². The van der Waals surface area contributed by atoms with Crippen LogP contribution in [-0.4, -0.2) is 70.1 Å². The number of hydrogen-bond acceptors (Lipinski definition) is 8. The Morgan fingerprint density at radius 2 is 1.84 bits per heavy atom. The summed E-state index contributed by atoms with van der Waals surface area (Å²) in [5, 5.41) is 37.7. The van der Waals surface area contributed by atoms with Crippen molar-refractivity contribution in [1.82, 2.24) is 4.90 Å². The highest BCUT2D eigenvalue weighted by Crippen LogP contribution is 2.59. The fourth-order valence-electron chi connectivity index (χ4n) is 9.39. The van der Waals surface area contributed by atoms with Crippen LogP contribution in [0.15, 0.2) is 112 Å². The van der Waals surface area contributed by atoms with Crippen LogP contribution in [0.5, 0.6) is 0 Å². The van der Waals surface area contributed by atoms with Crippen LogP contribution in [0, 0.1) is 5.41 Å². The summed E-state index contributed by atoms with van der Waals surface area (Å²) in [4.78, 5) is 18.1. The highest BCUT2D eigenvalue weighted by molar-refractivity contribution is 7.09. The molecule has 0 unspecified atom stereocenters. The lowest BCUT2D eigenvalue weighted by Crippen LogP contribution is -2.54. The number of furan rings is 1. The van der Waals surface area contributed by atoms with Gasteiger partial charge in [-0.25, -0.2) is 0 Å². The van der Waals surface area contributed by atoms with Crippen LogP contribution < -0.4 is 0 Å². The summed E-state index contributed by atoms with van der Waals surface area (Å²) in [5.41, 5.74) is 1.17. The Balaban J connectivity index is 1.21. The Hall–Kier alpha value is -4.07. The molecule has 0 spiro atoms. The van der Waals surface area contributed by atoms with Crippen LogP contribution in [0.1, 0.15) is 102 Å². The van der Waals surface area contributed by atoms with Gasteiger partial charge >= 0.3 is 6.18 Å². The summed E-state index contributed by atoms with van der Waals surface area (Å²) in [6, 6.07) is 25.5. The largest absolute Gasteiger partial charge is 0.453 e. The molecule has 0 amide bonds. The molecule has 0 radical (unpaired) electrons. The third-order valence-electron chi connectivity index (χ3n) is 12.9. The zero-order valence-electron chi connectivity index (χ0n) is 35.2. The molecule has 1 fully saturated rings. The first-order valence-corrected chi connectivity index (χ1v) is 22.6. The molecule has 12 heteroatoms. The van der Waals surface area contributed by atoms with Gasteiger partial charge < -0.3 is 24.5 Å². The van der Waals surface area contributed by atoms with Crippen molar-refractivity contribution in [2.45, 2.75) is 102 Å². The van der Waals surface area contributed by atoms with Crippen LogP contribution in [0.25, 0.3) is 11.3 Å². The quantitative estimate of drug-likeness (QED) is 0.0754. The van der Waals surface area contributed by atoms with Crippen molar-refractivity contribution < 1.29 is 42.4 Å². The Morgan fingerprint density at radius 1 is 1.03 bits per heavy atom. The molecule has 3 aromatic carbocycles. The zero-order chi connectivity index (χ0) is 44.1. The van der Waals surface area contributed by atoms with Crippen molar-refractivity contribution in [2.24, 2.45) is 5.41 Å². The first-order chi connectivity index (χ1) is 29.6. The number of benzene rings is 3. The van der Waals surface area contributed by atoms with E-state index < -0.39 is 40.7 Å². The topological polar surface area (TPSA) is 103 Å². The van der Waals surface area contributed by atoms with Gasteiger partial charge in [0, 0.05) is 41.1 Å². The van der Waals surface area contributed by atoms with Crippen molar-refractivity contribution in [3.8, 4) is 11.3 Å². The molecule has 7 nitrogen and oxygen atoms in total. The molecule has 2 bridgehead atoms. The van der Waals surface area contributed by atoms with Crippen molar-refractivity contribution in [3.05, 3.63) is 152 Å². The van der Waals surface area contributed by atoms with Crippen LogP contribution in [-0.2, 0) is 30.4 Å². The number of nitrogens with zero attached hydrogens (tertiary/aromatic N) is 1. The van der Waals surface area contributed by atoms with Gasteiger partial charge in [0.05, 0.1) is 41.6 Å². The van der Waals surface area contributed by atoms with E-state index in [1.54, 1.807) is 17.4 Å². The predicted molar refractivity (Wildman–Crippen MR) is 238 cm³/mol. The molecule has 3 N–H and O–H groups in total. The smallest absolute Gasteiger partial charge is 0.416 e. The van der Waals surface area contributed by atoms with E-state index in [9.17, 15) is 33.3 Å². The number of halogens is 4. The number of allylic oxidation sites excluding steroid dienone is 2. The number of carbonyl (C=O) groups is 1. The Bertz CT molecular complexity index is 2310. The molecule has 3 aliphatic carbocycles. The second-order valence-electron chi connectivity index (χ2n) is 17.4. The maximum absolute atomic E-state index is 14.7. The highest BCUT2D eigenvalue weighted by Gasteiger charge is 2.57. The van der Waals surface area contributed by atoms with Gasteiger partial charge in [0.1, 0.15) is 5.76 Å². The zero-order valence-corrected chi connectivity index (χ0v) is 36.7. The maximum Gasteiger partial charge on any atom is 0.416 e. The van der Waals surface area contributed by atoms with Crippen molar-refractivity contribution >= 4 is 28.7 Å². The summed E-state index contributed by atoms with van der Waals surface area (Å²) in [7, 11) is 0. The van der Waals surface area contributed by atoms with Crippen molar-refractivity contribution in [1.29, 1.82) is 0 Å². The third kappa shape index (κ3) is 10.8. The number of aliphatic hydroxyl groups excluding tert-OH is 2. The standard InChI is InChI=1S/C50H55ClF3NO6S/c1-33-8-6-22-48(2)43(20-23-49(48,59)32-55(24-21-39-11-7-25-62-39)29-38(57)31-60-30-34-9-4-3-5-10-34)40-16-13-35(26-37(56)15-12-33)27-41(40)47(58)46-19-18-45(61-46)42-28-36(50(52,53)54)14-17-44(42)51/h3-5,7-11,13-14,16-19,25,27-28,37-38,43,56-57,59H,6,12,15,20-24,26,29-32H2,1-2H3/t37-,38+,43-,48-,49+/m0/s1. The van der Waals surface area contributed by atoms with Crippen LogP contribution in [0.4, 0.5) is 13.2 Å². The van der Waals surface area contributed by atoms with Gasteiger partial charge in [0.25, 0.3) is 0 Å². The lowest BCUT2D eigenvalue weighted by atomic mass is 9.64. The summed E-state index contributed by atoms with van der Waals surface area (Å²) in [6.07, 6.45) is 0.726. The summed E-state index contributed by atoms with van der Waals surface area (Å²) in [6.45, 7) is 5.88. The molecule has 5 atom stereocenters. The molecule has 62 heavy (non-hydrogen) atoms. The summed E-state index contributed by atoms with van der Waals surface area (Å²) in [5.74, 6) is -0.780. The minimum atomic E-state index is -4.60. The van der Waals surface area contributed by atoms with Crippen LogP contribution in [0.3, 0.4) is 0 Å². The van der Waals surface area contributed by atoms with Crippen LogP contribution in [0.2, 0.25) is 5.02 Å². The SMILES string of the molecule is CC1=CCC[C@@]2(C)[C@@H](CC[C@@]2(O)CN(CCc2cccs2)C[C@@H](O)COCc2ccccc2)c2ccc(cc2C(=O)c2ccc(-c3cc(C(F)(F)F)ccc3Cl)o2)C[C@@H](O)CC1. The number of aliphatic hydroxyl groups is 3. The number of ether oxygens (including phenoxy) is 1. The molecule has 2 aromatic heterocycles. The van der Waals surface area contributed by atoms with Gasteiger partial charge in [0.2, 0.25) is 5.78 Å². The molecule has 0 aliphatic heterocycles. The molecule has 3 aliphatic rings. The third-order valence-corrected chi connectivity index (χ3v) is 14.2. The average Bonchev–Trinajstić information content (AvgIpc) is 4.00. The normalized spacial score (nSPS) is 22.6. The molecule has 0 saturated heterocycles. The Kier molecular flexibility index (Phi) is 14.6. The minimum Gasteiger partial charge on any atom is -0.453 e. The number of carbonyl (C=O) groups excluding carboxylic acids is 1. The monoisotopic (exact) mass is 889 g/mol. The number of hydrogen-bond donors (Lipinski definition) is 3. The highest BCUT2D eigenvalue weighted by atomic mass is 35.5.